The van der Waals surface area contributed by atoms with E-state index in [0.29, 0.717) is 36.3 Å². The Morgan fingerprint density at radius 3 is 2.21 bits per heavy atom. The molecule has 0 unspecified atom stereocenters. The summed E-state index contributed by atoms with van der Waals surface area (Å²) in [5.74, 6) is -0.245. The summed E-state index contributed by atoms with van der Waals surface area (Å²) in [5, 5.41) is 5.73. The van der Waals surface area contributed by atoms with Crippen LogP contribution in [0, 0.1) is 0 Å². The zero-order valence-corrected chi connectivity index (χ0v) is 15.5. The van der Waals surface area contributed by atoms with Gasteiger partial charge in [0.1, 0.15) is 0 Å². The third-order valence-electron chi connectivity index (χ3n) is 4.40. The van der Waals surface area contributed by atoms with E-state index in [1.807, 2.05) is 54.6 Å². The zero-order valence-electron chi connectivity index (χ0n) is 15.5. The first-order valence-corrected chi connectivity index (χ1v) is 9.17. The molecule has 4 N–H and O–H groups in total. The van der Waals surface area contributed by atoms with Crippen molar-refractivity contribution in [1.29, 1.82) is 0 Å². The molecule has 0 aliphatic carbocycles. The largest absolute Gasteiger partial charge is 0.399 e. The molecule has 142 valence electrons. The second-order valence-electron chi connectivity index (χ2n) is 6.49. The number of hydrogen-bond acceptors (Lipinski definition) is 3. The number of amides is 2. The predicted molar refractivity (Wildman–Crippen MR) is 112 cm³/mol. The van der Waals surface area contributed by atoms with Gasteiger partial charge < -0.3 is 16.4 Å². The van der Waals surface area contributed by atoms with E-state index in [4.69, 9.17) is 5.73 Å². The van der Waals surface area contributed by atoms with Crippen molar-refractivity contribution >= 4 is 23.2 Å². The Hall–Kier alpha value is -3.60. The summed E-state index contributed by atoms with van der Waals surface area (Å²) in [6, 6.07) is 24.1. The number of carbonyl (C=O) groups is 2. The number of nitrogens with two attached hydrogens (primary N) is 1. The summed E-state index contributed by atoms with van der Waals surface area (Å²) < 4.78 is 0. The zero-order chi connectivity index (χ0) is 19.8. The van der Waals surface area contributed by atoms with Gasteiger partial charge in [-0.3, -0.25) is 9.59 Å². The van der Waals surface area contributed by atoms with Crippen LogP contribution in [0.4, 0.5) is 11.4 Å². The van der Waals surface area contributed by atoms with Gasteiger partial charge in [-0.15, -0.1) is 0 Å². The highest BCUT2D eigenvalue weighted by molar-refractivity contribution is 5.95. The average Bonchev–Trinajstić information content (AvgIpc) is 2.73. The molecule has 0 fully saturated rings. The van der Waals surface area contributed by atoms with Crippen molar-refractivity contribution in [1.82, 2.24) is 5.32 Å². The first-order chi connectivity index (χ1) is 13.6. The second-order valence-corrected chi connectivity index (χ2v) is 6.49. The van der Waals surface area contributed by atoms with E-state index in [1.165, 1.54) is 0 Å². The summed E-state index contributed by atoms with van der Waals surface area (Å²) in [4.78, 5) is 24.4. The minimum absolute atomic E-state index is 0.0930. The van der Waals surface area contributed by atoms with Gasteiger partial charge in [-0.2, -0.15) is 0 Å². The molecule has 0 aliphatic heterocycles. The fourth-order valence-corrected chi connectivity index (χ4v) is 2.82. The van der Waals surface area contributed by atoms with Gasteiger partial charge in [0.15, 0.2) is 0 Å². The Morgan fingerprint density at radius 2 is 1.50 bits per heavy atom. The summed E-state index contributed by atoms with van der Waals surface area (Å²) in [6.45, 7) is 0.473. The quantitative estimate of drug-likeness (QED) is 0.551. The van der Waals surface area contributed by atoms with Crippen molar-refractivity contribution in [2.75, 3.05) is 11.1 Å². The summed E-state index contributed by atoms with van der Waals surface area (Å²) in [5.41, 5.74) is 9.80. The number of nitrogens with one attached hydrogen (secondary N) is 2. The highest BCUT2D eigenvalue weighted by Crippen LogP contribution is 2.14. The average molecular weight is 373 g/mol. The van der Waals surface area contributed by atoms with Crippen LogP contribution in [0.5, 0.6) is 0 Å². The first kappa shape index (κ1) is 19.2. The Balaban J connectivity index is 1.49. The number of hydrogen-bond donors (Lipinski definition) is 3. The highest BCUT2D eigenvalue weighted by atomic mass is 16.2. The van der Waals surface area contributed by atoms with E-state index < -0.39 is 0 Å². The maximum absolute atomic E-state index is 12.2. The van der Waals surface area contributed by atoms with Gasteiger partial charge >= 0.3 is 0 Å². The molecule has 2 amide bonds. The lowest BCUT2D eigenvalue weighted by Crippen LogP contribution is -2.22. The molecule has 0 heterocycles. The van der Waals surface area contributed by atoms with E-state index in [-0.39, 0.29) is 11.8 Å². The Kier molecular flexibility index (Phi) is 6.41. The molecule has 3 aromatic carbocycles. The second kappa shape index (κ2) is 9.37. The van der Waals surface area contributed by atoms with Crippen LogP contribution in [0.1, 0.15) is 27.9 Å². The molecule has 28 heavy (non-hydrogen) atoms. The van der Waals surface area contributed by atoms with Crippen molar-refractivity contribution in [2.24, 2.45) is 0 Å². The maximum Gasteiger partial charge on any atom is 0.251 e. The molecule has 0 radical (unpaired) electrons. The lowest BCUT2D eigenvalue weighted by Gasteiger charge is -2.08. The number of rotatable bonds is 7. The van der Waals surface area contributed by atoms with Crippen molar-refractivity contribution in [3.05, 3.63) is 95.6 Å². The van der Waals surface area contributed by atoms with Crippen LogP contribution >= 0.6 is 0 Å². The Bertz CT molecular complexity index is 938. The summed E-state index contributed by atoms with van der Waals surface area (Å²) in [6.07, 6.45) is 0.923. The van der Waals surface area contributed by atoms with Crippen LogP contribution in [0.25, 0.3) is 0 Å². The molecule has 5 nitrogen and oxygen atoms in total. The minimum Gasteiger partial charge on any atom is -0.399 e. The fourth-order valence-electron chi connectivity index (χ4n) is 2.82. The molecule has 0 aromatic heterocycles. The van der Waals surface area contributed by atoms with Crippen LogP contribution in [0.2, 0.25) is 0 Å². The Morgan fingerprint density at radius 1 is 0.821 bits per heavy atom. The number of aryl methyl sites for hydroxylation is 1. The van der Waals surface area contributed by atoms with E-state index in [2.05, 4.69) is 10.6 Å². The van der Waals surface area contributed by atoms with Gasteiger partial charge in [-0.1, -0.05) is 48.5 Å². The molecule has 0 atom stereocenters. The van der Waals surface area contributed by atoms with Crippen LogP contribution < -0.4 is 16.4 Å². The van der Waals surface area contributed by atoms with Gasteiger partial charge in [0.2, 0.25) is 5.91 Å². The summed E-state index contributed by atoms with van der Waals surface area (Å²) in [7, 11) is 0. The van der Waals surface area contributed by atoms with Crippen molar-refractivity contribution < 1.29 is 9.59 Å². The first-order valence-electron chi connectivity index (χ1n) is 9.17. The molecule has 0 saturated heterocycles. The molecule has 3 rings (SSSR count). The molecule has 5 heteroatoms. The molecular formula is C23H23N3O2. The molecule has 0 spiro atoms. The number of anilines is 2. The SMILES string of the molecule is Nc1ccccc1CCC(=O)Nc1ccc(C(=O)NCc2ccccc2)cc1. The van der Waals surface area contributed by atoms with Crippen molar-refractivity contribution in [3.8, 4) is 0 Å². The third kappa shape index (κ3) is 5.45. The van der Waals surface area contributed by atoms with Crippen molar-refractivity contribution in [2.45, 2.75) is 19.4 Å². The third-order valence-corrected chi connectivity index (χ3v) is 4.40. The lowest BCUT2D eigenvalue weighted by molar-refractivity contribution is -0.116. The van der Waals surface area contributed by atoms with E-state index in [1.54, 1.807) is 24.3 Å². The number of para-hydroxylation sites is 1. The molecule has 0 saturated carbocycles. The van der Waals surface area contributed by atoms with E-state index in [0.717, 1.165) is 11.1 Å². The highest BCUT2D eigenvalue weighted by Gasteiger charge is 2.08. The monoisotopic (exact) mass is 373 g/mol. The smallest absolute Gasteiger partial charge is 0.251 e. The molecule has 0 aliphatic rings. The van der Waals surface area contributed by atoms with Crippen LogP contribution in [0.3, 0.4) is 0 Å². The minimum atomic E-state index is -0.152. The standard InChI is InChI=1S/C23H23N3O2/c24-21-9-5-4-8-18(21)12-15-22(27)26-20-13-10-19(11-14-20)23(28)25-16-17-6-2-1-3-7-17/h1-11,13-14H,12,15-16,24H2,(H,25,28)(H,26,27). The molecule has 0 bridgehead atoms. The van der Waals surface area contributed by atoms with Crippen LogP contribution in [-0.4, -0.2) is 11.8 Å². The summed E-state index contributed by atoms with van der Waals surface area (Å²) >= 11 is 0. The van der Waals surface area contributed by atoms with Gasteiger partial charge in [-0.25, -0.2) is 0 Å². The predicted octanol–water partition coefficient (Wildman–Crippen LogP) is 3.77. The van der Waals surface area contributed by atoms with E-state index >= 15 is 0 Å². The lowest BCUT2D eigenvalue weighted by atomic mass is 10.1. The fraction of sp³-hybridized carbons (Fsp3) is 0.130. The topological polar surface area (TPSA) is 84.2 Å². The van der Waals surface area contributed by atoms with Crippen LogP contribution in [-0.2, 0) is 17.8 Å². The van der Waals surface area contributed by atoms with E-state index in [9.17, 15) is 9.59 Å². The molecular weight excluding hydrogens is 350 g/mol. The van der Waals surface area contributed by atoms with Gasteiger partial charge in [0.25, 0.3) is 5.91 Å². The van der Waals surface area contributed by atoms with Gasteiger partial charge in [-0.05, 0) is 47.9 Å². The molecule has 3 aromatic rings. The van der Waals surface area contributed by atoms with Crippen molar-refractivity contribution in [3.63, 3.8) is 0 Å². The van der Waals surface area contributed by atoms with Gasteiger partial charge in [0.05, 0.1) is 0 Å². The Labute approximate surface area is 164 Å². The number of benzene rings is 3. The normalized spacial score (nSPS) is 10.3. The number of nitrogen functional groups attached to an aromatic ring is 1. The maximum atomic E-state index is 12.2. The number of carbonyl (C=O) groups excluding carboxylic acids is 2. The van der Waals surface area contributed by atoms with Crippen LogP contribution in [0.15, 0.2) is 78.9 Å². The van der Waals surface area contributed by atoms with Gasteiger partial charge in [0, 0.05) is 29.9 Å².